The lowest BCUT2D eigenvalue weighted by molar-refractivity contribution is -0.386. The fourth-order valence-corrected chi connectivity index (χ4v) is 5.85. The van der Waals surface area contributed by atoms with Gasteiger partial charge in [0.05, 0.1) is 24.7 Å². The molecule has 0 unspecified atom stereocenters. The van der Waals surface area contributed by atoms with E-state index in [0.29, 0.717) is 34.9 Å². The molecule has 0 saturated carbocycles. The van der Waals surface area contributed by atoms with Crippen molar-refractivity contribution in [1.82, 2.24) is 5.32 Å². The van der Waals surface area contributed by atoms with E-state index in [9.17, 15) is 24.8 Å². The van der Waals surface area contributed by atoms with Crippen molar-refractivity contribution < 1.29 is 33.8 Å². The number of carbonyl (C=O) groups is 2. The summed E-state index contributed by atoms with van der Waals surface area (Å²) in [6.45, 7) is 3.90. The van der Waals surface area contributed by atoms with Gasteiger partial charge in [0.15, 0.2) is 11.5 Å². The number of rotatable bonds is 10. The van der Waals surface area contributed by atoms with Crippen LogP contribution in [-0.2, 0) is 14.3 Å². The number of carbonyl (C=O) groups excluding carboxylic acids is 2. The van der Waals surface area contributed by atoms with E-state index in [2.05, 4.69) is 5.32 Å². The summed E-state index contributed by atoms with van der Waals surface area (Å²) in [5.74, 6) is -0.560. The van der Waals surface area contributed by atoms with Crippen molar-refractivity contribution in [1.29, 1.82) is 0 Å². The second-order valence-corrected chi connectivity index (χ2v) is 10.8. The Balaban J connectivity index is 1.84. The molecular weight excluding hydrogens is 536 g/mol. The maximum absolute atomic E-state index is 13.9. The lowest BCUT2D eigenvalue weighted by Crippen LogP contribution is -2.36. The van der Waals surface area contributed by atoms with Crippen molar-refractivity contribution in [3.63, 3.8) is 0 Å². The van der Waals surface area contributed by atoms with Gasteiger partial charge in [-0.3, -0.25) is 14.9 Å². The van der Waals surface area contributed by atoms with Gasteiger partial charge in [-0.25, -0.2) is 4.79 Å². The molecule has 2 aromatic carbocycles. The first-order valence-electron chi connectivity index (χ1n) is 12.9. The number of nitro benzene ring substituents is 1. The van der Waals surface area contributed by atoms with Crippen molar-refractivity contribution in [2.24, 2.45) is 0 Å². The smallest absolute Gasteiger partial charge is 0.336 e. The maximum atomic E-state index is 13.9. The molecule has 40 heavy (non-hydrogen) atoms. The van der Waals surface area contributed by atoms with Gasteiger partial charge in [-0.15, -0.1) is 0 Å². The summed E-state index contributed by atoms with van der Waals surface area (Å²) in [6, 6.07) is 10.1. The number of Topliss-reactive ketones (excluding diaryl/α,β-unsaturated/α-hetero) is 1. The zero-order valence-electron chi connectivity index (χ0n) is 22.8. The lowest BCUT2D eigenvalue weighted by atomic mass is 9.71. The topological polar surface area (TPSA) is 137 Å². The third kappa shape index (κ3) is 5.65. The normalized spacial score (nSPS) is 18.6. The molecule has 2 aromatic rings. The molecule has 0 radical (unpaired) electrons. The van der Waals surface area contributed by atoms with Crippen LogP contribution in [0.4, 0.5) is 5.69 Å². The van der Waals surface area contributed by atoms with Crippen LogP contribution in [0.15, 0.2) is 58.9 Å². The molecular formula is C29H32N2O8S. The first-order chi connectivity index (χ1) is 19.2. The molecule has 2 aliphatic rings. The van der Waals surface area contributed by atoms with Crippen LogP contribution in [0, 0.1) is 10.1 Å². The molecule has 4 rings (SSSR count). The molecule has 0 aromatic heterocycles. The van der Waals surface area contributed by atoms with Gasteiger partial charge in [0, 0.05) is 47.0 Å². The van der Waals surface area contributed by atoms with Crippen LogP contribution in [-0.4, -0.2) is 54.1 Å². The molecule has 212 valence electrons. The van der Waals surface area contributed by atoms with Gasteiger partial charge in [0.2, 0.25) is 5.75 Å². The predicted molar refractivity (Wildman–Crippen MR) is 151 cm³/mol. The minimum absolute atomic E-state index is 0.134. The number of hydrogen-bond donors (Lipinski definition) is 2. The summed E-state index contributed by atoms with van der Waals surface area (Å²) in [5.41, 5.74) is 2.22. The number of phenols is 1. The monoisotopic (exact) mass is 568 g/mol. The van der Waals surface area contributed by atoms with Crippen LogP contribution in [0.3, 0.4) is 0 Å². The average molecular weight is 569 g/mol. The van der Waals surface area contributed by atoms with Crippen LogP contribution < -0.4 is 14.8 Å². The molecule has 1 aliphatic carbocycles. The number of methoxy groups -OCH3 is 2. The highest BCUT2D eigenvalue weighted by Gasteiger charge is 2.43. The van der Waals surface area contributed by atoms with E-state index >= 15 is 0 Å². The van der Waals surface area contributed by atoms with Crippen LogP contribution in [0.5, 0.6) is 17.2 Å². The van der Waals surface area contributed by atoms with Gasteiger partial charge in [0.25, 0.3) is 0 Å². The quantitative estimate of drug-likeness (QED) is 0.175. The highest BCUT2D eigenvalue weighted by Crippen LogP contribution is 2.49. The Kier molecular flexibility index (Phi) is 9.03. The largest absolute Gasteiger partial charge is 0.500 e. The Hall–Kier alpha value is -3.99. The van der Waals surface area contributed by atoms with E-state index in [1.807, 2.05) is 31.2 Å². The van der Waals surface area contributed by atoms with Gasteiger partial charge in [-0.2, -0.15) is 11.8 Å². The van der Waals surface area contributed by atoms with Crippen molar-refractivity contribution >= 4 is 29.2 Å². The number of benzene rings is 2. The van der Waals surface area contributed by atoms with Crippen LogP contribution in [0.1, 0.15) is 49.7 Å². The molecule has 0 fully saturated rings. The standard InChI is InChI=1S/C29H32N2O8S/c1-5-40-11-10-39-29(34)25-16(2)30-20-12-17(19-8-6-7-9-23(19)37-3)14-22(32)27(20)26(25)18-13-21(31(35)36)28(33)24(15-18)38-4/h6-9,13,15,17,26,30,33H,5,10-12,14H2,1-4H3/t17-,26-/m1/s1. The predicted octanol–water partition coefficient (Wildman–Crippen LogP) is 4.98. The number of para-hydroxylation sites is 1. The minimum Gasteiger partial charge on any atom is -0.500 e. The van der Waals surface area contributed by atoms with E-state index in [-0.39, 0.29) is 41.6 Å². The Morgan fingerprint density at radius 2 is 1.90 bits per heavy atom. The molecule has 0 saturated heterocycles. The summed E-state index contributed by atoms with van der Waals surface area (Å²) >= 11 is 1.62. The number of aromatic hydroxyl groups is 1. The number of phenolic OH excluding ortho intramolecular Hbond substituents is 1. The number of nitro groups is 1. The molecule has 0 bridgehead atoms. The number of thioether (sulfide) groups is 1. The number of dihydropyridines is 1. The van der Waals surface area contributed by atoms with Gasteiger partial charge < -0.3 is 24.6 Å². The number of nitrogens with one attached hydrogen (secondary N) is 1. The van der Waals surface area contributed by atoms with Crippen molar-refractivity contribution in [2.45, 2.75) is 38.5 Å². The number of ketones is 1. The van der Waals surface area contributed by atoms with E-state index in [1.165, 1.54) is 19.2 Å². The molecule has 0 spiro atoms. The minimum atomic E-state index is -0.957. The Labute approximate surface area is 236 Å². The summed E-state index contributed by atoms with van der Waals surface area (Å²) in [4.78, 5) is 38.4. The zero-order chi connectivity index (χ0) is 29.0. The fourth-order valence-electron chi connectivity index (χ4n) is 5.36. The van der Waals surface area contributed by atoms with Crippen LogP contribution >= 0.6 is 11.8 Å². The summed E-state index contributed by atoms with van der Waals surface area (Å²) in [5, 5.41) is 25.5. The Bertz CT molecular complexity index is 1400. The molecule has 1 aliphatic heterocycles. The second-order valence-electron chi connectivity index (χ2n) is 9.44. The summed E-state index contributed by atoms with van der Waals surface area (Å²) < 4.78 is 16.3. The first kappa shape index (κ1) is 29.0. The molecule has 10 nitrogen and oxygen atoms in total. The lowest BCUT2D eigenvalue weighted by Gasteiger charge is -2.37. The van der Waals surface area contributed by atoms with Crippen molar-refractivity contribution in [3.8, 4) is 17.2 Å². The van der Waals surface area contributed by atoms with Crippen molar-refractivity contribution in [3.05, 3.63) is 80.2 Å². The maximum Gasteiger partial charge on any atom is 0.336 e. The highest BCUT2D eigenvalue weighted by atomic mass is 32.2. The van der Waals surface area contributed by atoms with Gasteiger partial charge >= 0.3 is 11.7 Å². The number of esters is 1. The third-order valence-electron chi connectivity index (χ3n) is 7.12. The number of hydrogen-bond acceptors (Lipinski definition) is 10. The second kappa shape index (κ2) is 12.5. The molecule has 11 heteroatoms. The van der Waals surface area contributed by atoms with Gasteiger partial charge in [-0.1, -0.05) is 25.1 Å². The molecule has 2 N–H and O–H groups in total. The fraction of sp³-hybridized carbons (Fsp3) is 0.379. The number of nitrogens with zero attached hydrogens (tertiary/aromatic N) is 1. The Morgan fingerprint density at radius 1 is 1.18 bits per heavy atom. The number of allylic oxidation sites excluding steroid dienone is 3. The summed E-state index contributed by atoms with van der Waals surface area (Å²) in [7, 11) is 2.86. The van der Waals surface area contributed by atoms with E-state index < -0.39 is 28.2 Å². The van der Waals surface area contributed by atoms with Crippen LogP contribution in [0.2, 0.25) is 0 Å². The Morgan fingerprint density at radius 3 is 2.58 bits per heavy atom. The highest BCUT2D eigenvalue weighted by molar-refractivity contribution is 7.99. The number of ether oxygens (including phenoxy) is 3. The average Bonchev–Trinajstić information content (AvgIpc) is 2.94. The molecule has 1 heterocycles. The third-order valence-corrected chi connectivity index (χ3v) is 7.98. The first-order valence-corrected chi connectivity index (χ1v) is 14.0. The van der Waals surface area contributed by atoms with E-state index in [0.717, 1.165) is 11.3 Å². The summed E-state index contributed by atoms with van der Waals surface area (Å²) in [6.07, 6.45) is 0.616. The van der Waals surface area contributed by atoms with E-state index in [4.69, 9.17) is 14.2 Å². The van der Waals surface area contributed by atoms with Crippen LogP contribution in [0.25, 0.3) is 0 Å². The zero-order valence-corrected chi connectivity index (χ0v) is 23.6. The van der Waals surface area contributed by atoms with E-state index in [1.54, 1.807) is 25.8 Å². The SMILES string of the molecule is CCSCCOC(=O)C1=C(C)NC2=C(C(=O)C[C@H](c3ccccc3OC)C2)[C@@H]1c1cc(OC)c(O)c([N+](=O)[O-])c1. The van der Waals surface area contributed by atoms with Gasteiger partial charge in [0.1, 0.15) is 12.4 Å². The van der Waals surface area contributed by atoms with Gasteiger partial charge in [-0.05, 0) is 42.4 Å². The molecule has 2 atom stereocenters. The molecule has 0 amide bonds. The van der Waals surface area contributed by atoms with Crippen molar-refractivity contribution in [2.75, 3.05) is 32.3 Å².